The van der Waals surface area contributed by atoms with Gasteiger partial charge in [-0.15, -0.1) is 0 Å². The van der Waals surface area contributed by atoms with Gasteiger partial charge in [-0.05, 0) is 20.8 Å². The van der Waals surface area contributed by atoms with E-state index < -0.39 is 92.1 Å². The van der Waals surface area contributed by atoms with Crippen LogP contribution in [-0.2, 0) is 23.7 Å². The normalized spacial score (nSPS) is 56.4. The van der Waals surface area contributed by atoms with Crippen molar-refractivity contribution in [3.05, 3.63) is 0 Å². The van der Waals surface area contributed by atoms with Crippen LogP contribution in [0.25, 0.3) is 0 Å². The lowest BCUT2D eigenvalue weighted by Crippen LogP contribution is -2.65. The van der Waals surface area contributed by atoms with Crippen LogP contribution in [-0.4, -0.2) is 133 Å². The summed E-state index contributed by atoms with van der Waals surface area (Å²) in [5.41, 5.74) is 0. The fourth-order valence-corrected chi connectivity index (χ4v) is 3.92. The van der Waals surface area contributed by atoms with Crippen molar-refractivity contribution in [2.24, 2.45) is 0 Å². The van der Waals surface area contributed by atoms with Crippen LogP contribution >= 0.6 is 0 Å². The summed E-state index contributed by atoms with van der Waals surface area (Å²) in [6.45, 7) is 4.40. The Kier molecular flexibility index (Phi) is 7.91. The Bertz CT molecular complexity index is 581. The zero-order valence-electron chi connectivity index (χ0n) is 17.3. The van der Waals surface area contributed by atoms with Crippen LogP contribution in [0.1, 0.15) is 20.8 Å². The Hall–Kier alpha value is -0.520. The van der Waals surface area contributed by atoms with Gasteiger partial charge in [0.15, 0.2) is 18.9 Å². The zero-order chi connectivity index (χ0) is 23.2. The predicted octanol–water partition coefficient (Wildman–Crippen LogP) is -4.49. The minimum absolute atomic E-state index is 0.869. The highest BCUT2D eigenvalue weighted by molar-refractivity contribution is 4.94. The van der Waals surface area contributed by atoms with Crippen molar-refractivity contribution in [3.8, 4) is 0 Å². The Labute approximate surface area is 178 Å². The van der Waals surface area contributed by atoms with Crippen molar-refractivity contribution in [2.75, 3.05) is 0 Å². The van der Waals surface area contributed by atoms with Crippen LogP contribution < -0.4 is 0 Å². The average molecular weight is 456 g/mol. The molecule has 13 nitrogen and oxygen atoms in total. The number of aliphatic hydroxyl groups excluding tert-OH is 8. The maximum Gasteiger partial charge on any atom is 0.187 e. The third-order valence-corrected chi connectivity index (χ3v) is 5.97. The molecule has 3 aliphatic heterocycles. The van der Waals surface area contributed by atoms with E-state index >= 15 is 0 Å². The Balaban J connectivity index is 1.66. The first-order valence-corrected chi connectivity index (χ1v) is 10.2. The van der Waals surface area contributed by atoms with Crippen molar-refractivity contribution in [3.63, 3.8) is 0 Å². The number of hydrogen-bond acceptors (Lipinski definition) is 13. The molecule has 0 spiro atoms. The average Bonchev–Trinajstić information content (AvgIpc) is 2.72. The third-order valence-electron chi connectivity index (χ3n) is 5.97. The van der Waals surface area contributed by atoms with Gasteiger partial charge in [-0.3, -0.25) is 0 Å². The molecule has 0 aromatic rings. The molecule has 31 heavy (non-hydrogen) atoms. The van der Waals surface area contributed by atoms with Crippen LogP contribution in [0.3, 0.4) is 0 Å². The fourth-order valence-electron chi connectivity index (χ4n) is 3.92. The second-order valence-electron chi connectivity index (χ2n) is 8.29. The van der Waals surface area contributed by atoms with Gasteiger partial charge in [0.25, 0.3) is 0 Å². The minimum Gasteiger partial charge on any atom is -0.388 e. The van der Waals surface area contributed by atoms with Crippen LogP contribution in [0.15, 0.2) is 0 Å². The first-order valence-electron chi connectivity index (χ1n) is 10.2. The van der Waals surface area contributed by atoms with Crippen molar-refractivity contribution in [1.29, 1.82) is 0 Å². The highest BCUT2D eigenvalue weighted by atomic mass is 16.7. The molecule has 0 bridgehead atoms. The minimum atomic E-state index is -1.70. The molecule has 3 aliphatic rings. The summed E-state index contributed by atoms with van der Waals surface area (Å²) in [7, 11) is 0. The largest absolute Gasteiger partial charge is 0.388 e. The molecule has 0 saturated carbocycles. The Morgan fingerprint density at radius 2 is 0.935 bits per heavy atom. The van der Waals surface area contributed by atoms with Gasteiger partial charge in [0.05, 0.1) is 18.3 Å². The highest BCUT2D eigenvalue weighted by Gasteiger charge is 2.51. The molecule has 3 heterocycles. The molecule has 0 amide bonds. The molecule has 8 N–H and O–H groups in total. The Morgan fingerprint density at radius 1 is 0.452 bits per heavy atom. The summed E-state index contributed by atoms with van der Waals surface area (Å²) >= 11 is 0. The zero-order valence-corrected chi connectivity index (χ0v) is 17.3. The maximum absolute atomic E-state index is 10.6. The molecule has 0 aromatic carbocycles. The van der Waals surface area contributed by atoms with E-state index in [4.69, 9.17) is 23.7 Å². The highest BCUT2D eigenvalue weighted by Crippen LogP contribution is 2.31. The summed E-state index contributed by atoms with van der Waals surface area (Å²) < 4.78 is 26.9. The van der Waals surface area contributed by atoms with Crippen LogP contribution in [0.2, 0.25) is 0 Å². The topological polar surface area (TPSA) is 208 Å². The van der Waals surface area contributed by atoms with Gasteiger partial charge in [0, 0.05) is 0 Å². The SMILES string of the molecule is C[C@@H]1O[C@@H](O[C@@H]2[C@@H](O)[C@@H](O)[C@H](O[C@@H]3[C@@H](O)[C@H](C)OC(O)[C@@H]3O)O[C@H]2C)[C@H](O)[C@H](O)[C@H]1O. The molecular weight excluding hydrogens is 424 g/mol. The van der Waals surface area contributed by atoms with Gasteiger partial charge in [0.1, 0.15) is 54.9 Å². The molecule has 182 valence electrons. The monoisotopic (exact) mass is 456 g/mol. The molecule has 3 rings (SSSR count). The van der Waals surface area contributed by atoms with E-state index in [2.05, 4.69) is 0 Å². The molecule has 0 aliphatic carbocycles. The number of ether oxygens (including phenoxy) is 5. The van der Waals surface area contributed by atoms with Gasteiger partial charge < -0.3 is 64.5 Å². The molecule has 15 atom stereocenters. The van der Waals surface area contributed by atoms with E-state index in [1.54, 1.807) is 0 Å². The smallest absolute Gasteiger partial charge is 0.187 e. The summed E-state index contributed by atoms with van der Waals surface area (Å²) in [6, 6.07) is 0. The lowest BCUT2D eigenvalue weighted by atomic mass is 9.96. The quantitative estimate of drug-likeness (QED) is 0.201. The summed E-state index contributed by atoms with van der Waals surface area (Å²) in [5.74, 6) is 0. The number of aliphatic hydroxyl groups is 8. The van der Waals surface area contributed by atoms with Crippen LogP contribution in [0, 0.1) is 0 Å². The third kappa shape index (κ3) is 4.89. The first-order chi connectivity index (χ1) is 14.4. The van der Waals surface area contributed by atoms with Gasteiger partial charge in [-0.2, -0.15) is 0 Å². The van der Waals surface area contributed by atoms with Crippen molar-refractivity contribution < 1.29 is 64.5 Å². The lowest BCUT2D eigenvalue weighted by Gasteiger charge is -2.47. The number of hydrogen-bond donors (Lipinski definition) is 8. The van der Waals surface area contributed by atoms with E-state index in [-0.39, 0.29) is 0 Å². The maximum atomic E-state index is 10.6. The summed E-state index contributed by atoms with van der Waals surface area (Å²) in [6.07, 6.45) is -20.6. The first kappa shape index (κ1) is 25.1. The van der Waals surface area contributed by atoms with Crippen molar-refractivity contribution in [1.82, 2.24) is 0 Å². The van der Waals surface area contributed by atoms with Crippen LogP contribution in [0.4, 0.5) is 0 Å². The van der Waals surface area contributed by atoms with E-state index in [1.165, 1.54) is 20.8 Å². The van der Waals surface area contributed by atoms with E-state index in [1.807, 2.05) is 0 Å². The standard InChI is InChI=1S/C18H32O13/c1-4-7(19)9(21)11(23)17(28-4)30-14-6(3)29-18(12(24)10(14)22)31-15-8(20)5(2)27-16(26)13(15)25/h4-26H,1-3H3/t4-,5-,6-,7-,8-,9+,10-,11+,12+,13+,14-,15+,16?,17-,18-/m0/s1. The van der Waals surface area contributed by atoms with Gasteiger partial charge in [0.2, 0.25) is 0 Å². The molecule has 1 unspecified atom stereocenters. The van der Waals surface area contributed by atoms with Crippen molar-refractivity contribution >= 4 is 0 Å². The van der Waals surface area contributed by atoms with Gasteiger partial charge in [-0.25, -0.2) is 0 Å². The second-order valence-corrected chi connectivity index (χ2v) is 8.29. The molecule has 0 aromatic heterocycles. The molecule has 13 heteroatoms. The predicted molar refractivity (Wildman–Crippen MR) is 97.0 cm³/mol. The van der Waals surface area contributed by atoms with Crippen molar-refractivity contribution in [2.45, 2.75) is 113 Å². The molecule has 0 radical (unpaired) electrons. The van der Waals surface area contributed by atoms with E-state index in [0.29, 0.717) is 0 Å². The fraction of sp³-hybridized carbons (Fsp3) is 1.00. The molecule has 3 fully saturated rings. The van der Waals surface area contributed by atoms with Crippen LogP contribution in [0.5, 0.6) is 0 Å². The van der Waals surface area contributed by atoms with Gasteiger partial charge in [-0.1, -0.05) is 0 Å². The van der Waals surface area contributed by atoms with Gasteiger partial charge >= 0.3 is 0 Å². The lowest BCUT2D eigenvalue weighted by molar-refractivity contribution is -0.371. The second kappa shape index (κ2) is 9.77. The summed E-state index contributed by atoms with van der Waals surface area (Å²) in [4.78, 5) is 0. The number of rotatable bonds is 4. The molecule has 3 saturated heterocycles. The van der Waals surface area contributed by atoms with E-state index in [0.717, 1.165) is 0 Å². The molecular formula is C18H32O13. The summed E-state index contributed by atoms with van der Waals surface area (Å²) in [5, 5.41) is 80.8. The van der Waals surface area contributed by atoms with E-state index in [9.17, 15) is 40.9 Å². The Morgan fingerprint density at radius 3 is 1.55 bits per heavy atom.